The molecular weight excluding hydrogens is 773 g/mol. The van der Waals surface area contributed by atoms with Crippen molar-refractivity contribution in [1.82, 2.24) is 9.13 Å². The molecule has 0 fully saturated rings. The standard InChI is InChI=1S/C62H46N2/c1-42-17-23-48(24-18-42)52-28-36-62-58(41-52)57-40-51(47-15-9-4-10-16-47)27-35-61(57)64(62)54-31-21-44(22-32-54)37-43-19-29-53(30-20-43)63-59-33-25-49(45-11-5-2-6-12-45)38-55(59)56-39-50(26-34-60(56)63)46-13-7-3-8-14-46/h2-17,19-36,38-42H,18,37H2,1H3. The maximum atomic E-state index is 2.44. The normalized spacial score (nSPS) is 13.9. The topological polar surface area (TPSA) is 9.86 Å². The fourth-order valence-corrected chi connectivity index (χ4v) is 9.92. The van der Waals surface area contributed by atoms with Crippen LogP contribution in [-0.4, -0.2) is 9.13 Å². The summed E-state index contributed by atoms with van der Waals surface area (Å²) >= 11 is 0. The van der Waals surface area contributed by atoms with E-state index in [-0.39, 0.29) is 0 Å². The first-order valence-corrected chi connectivity index (χ1v) is 22.5. The molecule has 0 amide bonds. The zero-order chi connectivity index (χ0) is 42.6. The Bertz CT molecular complexity index is 3470. The molecule has 9 aromatic carbocycles. The van der Waals surface area contributed by atoms with E-state index in [9.17, 15) is 0 Å². The highest BCUT2D eigenvalue weighted by atomic mass is 15.0. The number of hydrogen-bond acceptors (Lipinski definition) is 0. The highest BCUT2D eigenvalue weighted by Gasteiger charge is 2.18. The van der Waals surface area contributed by atoms with Gasteiger partial charge in [0.05, 0.1) is 22.1 Å². The fraction of sp³-hybridized carbons (Fsp3) is 0.0645. The maximum Gasteiger partial charge on any atom is 0.0541 e. The lowest BCUT2D eigenvalue weighted by molar-refractivity contribution is 0.739. The Balaban J connectivity index is 0.878. The smallest absolute Gasteiger partial charge is 0.0541 e. The van der Waals surface area contributed by atoms with E-state index >= 15 is 0 Å². The van der Waals surface area contributed by atoms with Gasteiger partial charge in [0.2, 0.25) is 0 Å². The third kappa shape index (κ3) is 6.76. The van der Waals surface area contributed by atoms with E-state index in [2.05, 4.69) is 247 Å². The van der Waals surface area contributed by atoms with Crippen molar-refractivity contribution < 1.29 is 0 Å². The molecule has 0 aliphatic heterocycles. The zero-order valence-electron chi connectivity index (χ0n) is 35.8. The van der Waals surface area contributed by atoms with Gasteiger partial charge in [0.25, 0.3) is 0 Å². The number of fused-ring (bicyclic) bond motifs is 6. The Kier molecular flexibility index (Phi) is 9.30. The average Bonchev–Trinajstić information content (AvgIpc) is 3.87. The minimum absolute atomic E-state index is 0.584. The SMILES string of the molecule is CC1C=CC(c2ccc3c(c2)c2cc(-c4ccccc4)ccc2n3-c2ccc(Cc3ccc(-n4c5ccc(-c6ccccc6)cc5c5cc(-c6ccccc6)ccc54)cc3)cc2)=CC1. The minimum Gasteiger partial charge on any atom is -0.309 e. The molecule has 1 aliphatic rings. The minimum atomic E-state index is 0.584. The molecule has 2 heterocycles. The fourth-order valence-electron chi connectivity index (χ4n) is 9.92. The van der Waals surface area contributed by atoms with Gasteiger partial charge in [-0.2, -0.15) is 0 Å². The van der Waals surface area contributed by atoms with E-state index in [0.717, 1.165) is 18.5 Å². The van der Waals surface area contributed by atoms with Crippen LogP contribution in [0.3, 0.4) is 0 Å². The Morgan fingerprint density at radius 3 is 1.09 bits per heavy atom. The van der Waals surface area contributed by atoms with Crippen LogP contribution in [0.15, 0.2) is 231 Å². The molecule has 0 saturated heterocycles. The Morgan fingerprint density at radius 1 is 0.375 bits per heavy atom. The Labute approximate surface area is 374 Å². The van der Waals surface area contributed by atoms with Crippen molar-refractivity contribution in [3.8, 4) is 44.8 Å². The number of rotatable bonds is 8. The molecule has 0 spiro atoms. The van der Waals surface area contributed by atoms with Gasteiger partial charge >= 0.3 is 0 Å². The number of benzene rings is 9. The van der Waals surface area contributed by atoms with Crippen LogP contribution in [0, 0.1) is 5.92 Å². The zero-order valence-corrected chi connectivity index (χ0v) is 35.8. The largest absolute Gasteiger partial charge is 0.309 e. The molecule has 2 heteroatoms. The van der Waals surface area contributed by atoms with Gasteiger partial charge in [0, 0.05) is 32.9 Å². The molecule has 0 N–H and O–H groups in total. The lowest BCUT2D eigenvalue weighted by Gasteiger charge is -2.13. The van der Waals surface area contributed by atoms with E-state index in [1.165, 1.54) is 105 Å². The molecule has 12 rings (SSSR count). The number of hydrogen-bond donors (Lipinski definition) is 0. The monoisotopic (exact) mass is 818 g/mol. The van der Waals surface area contributed by atoms with Gasteiger partial charge < -0.3 is 9.13 Å². The molecule has 2 aromatic heterocycles. The van der Waals surface area contributed by atoms with E-state index in [4.69, 9.17) is 0 Å². The lowest BCUT2D eigenvalue weighted by Crippen LogP contribution is -1.97. The van der Waals surface area contributed by atoms with Crippen LogP contribution in [0.25, 0.3) is 93.9 Å². The first-order valence-electron chi connectivity index (χ1n) is 22.5. The summed E-state index contributed by atoms with van der Waals surface area (Å²) in [4.78, 5) is 0. The van der Waals surface area contributed by atoms with Gasteiger partial charge in [-0.15, -0.1) is 0 Å². The predicted octanol–water partition coefficient (Wildman–Crippen LogP) is 16.5. The first-order chi connectivity index (χ1) is 31.6. The highest BCUT2D eigenvalue weighted by Crippen LogP contribution is 2.39. The van der Waals surface area contributed by atoms with Crippen LogP contribution in [0.1, 0.15) is 30.0 Å². The van der Waals surface area contributed by atoms with E-state index in [1.807, 2.05) is 0 Å². The van der Waals surface area contributed by atoms with E-state index in [1.54, 1.807) is 0 Å². The summed E-state index contributed by atoms with van der Waals surface area (Å²) in [6, 6.07) is 78.2. The average molecular weight is 819 g/mol. The van der Waals surface area contributed by atoms with Gasteiger partial charge in [0.1, 0.15) is 0 Å². The van der Waals surface area contributed by atoms with Crippen LogP contribution >= 0.6 is 0 Å². The Hall–Kier alpha value is -7.94. The van der Waals surface area contributed by atoms with Crippen molar-refractivity contribution in [2.24, 2.45) is 5.92 Å². The molecule has 1 unspecified atom stereocenters. The molecule has 2 nitrogen and oxygen atoms in total. The second kappa shape index (κ2) is 15.8. The van der Waals surface area contributed by atoms with Crippen molar-refractivity contribution in [2.45, 2.75) is 19.8 Å². The number of aromatic nitrogens is 2. The van der Waals surface area contributed by atoms with Gasteiger partial charge in [-0.25, -0.2) is 0 Å². The lowest BCUT2D eigenvalue weighted by atomic mass is 9.93. The van der Waals surface area contributed by atoms with Crippen LogP contribution in [0.5, 0.6) is 0 Å². The summed E-state index contributed by atoms with van der Waals surface area (Å²) in [5.41, 5.74) is 19.7. The summed E-state index contributed by atoms with van der Waals surface area (Å²) in [7, 11) is 0. The molecular formula is C62H46N2. The van der Waals surface area contributed by atoms with Gasteiger partial charge in [-0.05, 0) is 147 Å². The third-order valence-corrected chi connectivity index (χ3v) is 13.3. The number of nitrogens with zero attached hydrogens (tertiary/aromatic N) is 2. The van der Waals surface area contributed by atoms with Gasteiger partial charge in [-0.3, -0.25) is 0 Å². The summed E-state index contributed by atoms with van der Waals surface area (Å²) in [6.07, 6.45) is 8.95. The van der Waals surface area contributed by atoms with Crippen molar-refractivity contribution >= 4 is 49.2 Å². The summed E-state index contributed by atoms with van der Waals surface area (Å²) in [5, 5.41) is 5.06. The predicted molar refractivity (Wildman–Crippen MR) is 272 cm³/mol. The summed E-state index contributed by atoms with van der Waals surface area (Å²) in [6.45, 7) is 2.28. The van der Waals surface area contributed by atoms with Gasteiger partial charge in [0.15, 0.2) is 0 Å². The molecule has 304 valence electrons. The second-order valence-electron chi connectivity index (χ2n) is 17.4. The molecule has 0 radical (unpaired) electrons. The van der Waals surface area contributed by atoms with Gasteiger partial charge in [-0.1, -0.05) is 165 Å². The Morgan fingerprint density at radius 2 is 0.734 bits per heavy atom. The molecule has 0 bridgehead atoms. The quantitative estimate of drug-likeness (QED) is 0.145. The molecule has 1 aliphatic carbocycles. The van der Waals surface area contributed by atoms with Crippen molar-refractivity contribution in [1.29, 1.82) is 0 Å². The van der Waals surface area contributed by atoms with Crippen LogP contribution in [0.4, 0.5) is 0 Å². The van der Waals surface area contributed by atoms with Crippen LogP contribution < -0.4 is 0 Å². The highest BCUT2D eigenvalue weighted by molar-refractivity contribution is 6.13. The summed E-state index contributed by atoms with van der Waals surface area (Å²) in [5.74, 6) is 0.584. The number of allylic oxidation sites excluding steroid dienone is 4. The van der Waals surface area contributed by atoms with Crippen LogP contribution in [0.2, 0.25) is 0 Å². The molecule has 11 aromatic rings. The first kappa shape index (κ1) is 37.8. The maximum absolute atomic E-state index is 2.44. The van der Waals surface area contributed by atoms with E-state index < -0.39 is 0 Å². The van der Waals surface area contributed by atoms with E-state index in [0.29, 0.717) is 5.92 Å². The summed E-state index contributed by atoms with van der Waals surface area (Å²) < 4.78 is 4.86. The van der Waals surface area contributed by atoms with Crippen molar-refractivity contribution in [2.75, 3.05) is 0 Å². The molecule has 1 atom stereocenters. The van der Waals surface area contributed by atoms with Crippen LogP contribution in [-0.2, 0) is 6.42 Å². The van der Waals surface area contributed by atoms with Crippen molar-refractivity contribution in [3.05, 3.63) is 247 Å². The van der Waals surface area contributed by atoms with Crippen molar-refractivity contribution in [3.63, 3.8) is 0 Å². The molecule has 0 saturated carbocycles. The third-order valence-electron chi connectivity index (χ3n) is 13.3. The second-order valence-corrected chi connectivity index (χ2v) is 17.4. The molecule has 64 heavy (non-hydrogen) atoms.